The van der Waals surface area contributed by atoms with Gasteiger partial charge in [-0.2, -0.15) is 0 Å². The van der Waals surface area contributed by atoms with Gasteiger partial charge in [-0.15, -0.1) is 24.0 Å². The molecule has 0 radical (unpaired) electrons. The molecular weight excluding hydrogens is 515 g/mol. The van der Waals surface area contributed by atoms with Crippen LogP contribution in [0.1, 0.15) is 29.3 Å². The number of nitrogens with one attached hydrogen (secondary N) is 3. The van der Waals surface area contributed by atoms with Crippen LogP contribution >= 0.6 is 24.0 Å². The lowest BCUT2D eigenvalue weighted by atomic mass is 9.90. The predicted molar refractivity (Wildman–Crippen MR) is 138 cm³/mol. The fourth-order valence-electron chi connectivity index (χ4n) is 3.89. The molecule has 0 fully saturated rings. The Morgan fingerprint density at radius 2 is 1.94 bits per heavy atom. The van der Waals surface area contributed by atoms with Gasteiger partial charge in [0.25, 0.3) is 0 Å². The average Bonchev–Trinajstić information content (AvgIpc) is 3.25. The van der Waals surface area contributed by atoms with Crippen LogP contribution in [0.5, 0.6) is 0 Å². The van der Waals surface area contributed by atoms with Crippen molar-refractivity contribution in [3.8, 4) is 0 Å². The Kier molecular flexibility index (Phi) is 8.66. The number of rotatable bonds is 7. The van der Waals surface area contributed by atoms with E-state index in [-0.39, 0.29) is 35.8 Å². The SMILES string of the molecule is CN=C(NCc1nccn1CCc1ccccc1)NCC1CC(=O)Nc2ccccc21.I. The van der Waals surface area contributed by atoms with Crippen molar-refractivity contribution in [3.63, 3.8) is 0 Å². The first kappa shape index (κ1) is 23.8. The molecule has 1 amide bonds. The van der Waals surface area contributed by atoms with Crippen LogP contribution < -0.4 is 16.0 Å². The lowest BCUT2D eigenvalue weighted by Gasteiger charge is -2.26. The fourth-order valence-corrected chi connectivity index (χ4v) is 3.89. The molecule has 0 saturated carbocycles. The number of imidazole rings is 1. The van der Waals surface area contributed by atoms with Gasteiger partial charge in [-0.3, -0.25) is 9.79 Å². The zero-order chi connectivity index (χ0) is 21.5. The van der Waals surface area contributed by atoms with Crippen molar-refractivity contribution in [1.29, 1.82) is 0 Å². The van der Waals surface area contributed by atoms with E-state index >= 15 is 0 Å². The summed E-state index contributed by atoms with van der Waals surface area (Å²) in [6.07, 6.45) is 5.26. The highest BCUT2D eigenvalue weighted by Crippen LogP contribution is 2.31. The van der Waals surface area contributed by atoms with Gasteiger partial charge >= 0.3 is 0 Å². The number of aliphatic imine (C=N–C) groups is 1. The quantitative estimate of drug-likeness (QED) is 0.242. The van der Waals surface area contributed by atoms with Gasteiger partial charge in [0.15, 0.2) is 5.96 Å². The van der Waals surface area contributed by atoms with Crippen molar-refractivity contribution in [1.82, 2.24) is 20.2 Å². The molecule has 2 aromatic carbocycles. The summed E-state index contributed by atoms with van der Waals surface area (Å²) in [5.41, 5.74) is 3.36. The Morgan fingerprint density at radius 1 is 1.16 bits per heavy atom. The maximum Gasteiger partial charge on any atom is 0.225 e. The van der Waals surface area contributed by atoms with Gasteiger partial charge < -0.3 is 20.5 Å². The molecule has 3 N–H and O–H groups in total. The maximum absolute atomic E-state index is 12.0. The van der Waals surface area contributed by atoms with E-state index in [0.717, 1.165) is 30.0 Å². The van der Waals surface area contributed by atoms with Crippen LogP contribution in [0.4, 0.5) is 5.69 Å². The minimum Gasteiger partial charge on any atom is -0.356 e. The molecule has 8 heteroatoms. The standard InChI is InChI=1S/C24H28N6O.HI/c1-25-24(27-16-19-15-23(31)29-21-10-6-5-9-20(19)21)28-17-22-26-12-14-30(22)13-11-18-7-3-2-4-8-18;/h2-10,12,14,19H,11,13,15-17H2,1H3,(H,29,31)(H2,25,27,28);1H. The number of amides is 1. The van der Waals surface area contributed by atoms with Gasteiger partial charge in [0.05, 0.1) is 6.54 Å². The number of halogens is 1. The molecule has 0 aliphatic carbocycles. The summed E-state index contributed by atoms with van der Waals surface area (Å²) in [6.45, 7) is 2.08. The molecule has 1 aliphatic rings. The number of hydrogen-bond donors (Lipinski definition) is 3. The number of benzene rings is 2. The lowest BCUT2D eigenvalue weighted by molar-refractivity contribution is -0.116. The van der Waals surface area contributed by atoms with E-state index in [1.165, 1.54) is 5.56 Å². The first-order chi connectivity index (χ1) is 15.2. The van der Waals surface area contributed by atoms with Crippen LogP contribution in [0.3, 0.4) is 0 Å². The van der Waals surface area contributed by atoms with E-state index in [0.29, 0.717) is 25.5 Å². The van der Waals surface area contributed by atoms with E-state index in [9.17, 15) is 4.79 Å². The number of aromatic nitrogens is 2. The topological polar surface area (TPSA) is 83.3 Å². The second-order valence-corrected chi connectivity index (χ2v) is 7.62. The van der Waals surface area contributed by atoms with Gasteiger partial charge in [-0.25, -0.2) is 4.98 Å². The number of nitrogens with zero attached hydrogens (tertiary/aromatic N) is 3. The number of para-hydroxylation sites is 1. The van der Waals surface area contributed by atoms with Gasteiger partial charge in [0.2, 0.25) is 5.91 Å². The van der Waals surface area contributed by atoms with Crippen LogP contribution in [0, 0.1) is 0 Å². The third-order valence-electron chi connectivity index (χ3n) is 5.55. The van der Waals surface area contributed by atoms with Gasteiger partial charge in [0, 0.05) is 50.6 Å². The molecule has 7 nitrogen and oxygen atoms in total. The summed E-state index contributed by atoms with van der Waals surface area (Å²) >= 11 is 0. The molecule has 1 aromatic heterocycles. The first-order valence-electron chi connectivity index (χ1n) is 10.6. The van der Waals surface area contributed by atoms with Crippen LogP contribution in [0.25, 0.3) is 0 Å². The van der Waals surface area contributed by atoms with Gasteiger partial charge in [0.1, 0.15) is 5.82 Å². The van der Waals surface area contributed by atoms with Gasteiger partial charge in [-0.05, 0) is 23.6 Å². The number of aryl methyl sites for hydroxylation is 2. The summed E-state index contributed by atoms with van der Waals surface area (Å²) in [4.78, 5) is 20.9. The third-order valence-corrected chi connectivity index (χ3v) is 5.55. The van der Waals surface area contributed by atoms with Crippen LogP contribution in [0.2, 0.25) is 0 Å². The Labute approximate surface area is 205 Å². The van der Waals surface area contributed by atoms with Crippen molar-refractivity contribution < 1.29 is 4.79 Å². The summed E-state index contributed by atoms with van der Waals surface area (Å²) in [5.74, 6) is 1.81. The van der Waals surface area contributed by atoms with Crippen molar-refractivity contribution in [3.05, 3.63) is 83.9 Å². The summed E-state index contributed by atoms with van der Waals surface area (Å²) < 4.78 is 2.16. The minimum absolute atomic E-state index is 0. The van der Waals surface area contributed by atoms with Crippen molar-refractivity contribution >= 4 is 41.5 Å². The number of carbonyl (C=O) groups is 1. The first-order valence-corrected chi connectivity index (χ1v) is 10.6. The number of carbonyl (C=O) groups excluding carboxylic acids is 1. The van der Waals surface area contributed by atoms with Crippen molar-refractivity contribution in [2.75, 3.05) is 18.9 Å². The molecule has 1 atom stereocenters. The fraction of sp³-hybridized carbons (Fsp3) is 0.292. The van der Waals surface area contributed by atoms with Crippen molar-refractivity contribution in [2.24, 2.45) is 4.99 Å². The third kappa shape index (κ3) is 6.09. The van der Waals surface area contributed by atoms with E-state index < -0.39 is 0 Å². The maximum atomic E-state index is 12.0. The molecule has 0 saturated heterocycles. The second-order valence-electron chi connectivity index (χ2n) is 7.62. The van der Waals surface area contributed by atoms with Crippen LogP contribution in [0.15, 0.2) is 72.0 Å². The Balaban J connectivity index is 0.00000289. The van der Waals surface area contributed by atoms with Gasteiger partial charge in [-0.1, -0.05) is 48.5 Å². The molecule has 168 valence electrons. The number of fused-ring (bicyclic) bond motifs is 1. The Hall–Kier alpha value is -2.88. The van der Waals surface area contributed by atoms with E-state index in [2.05, 4.69) is 60.8 Å². The number of guanidine groups is 1. The smallest absolute Gasteiger partial charge is 0.225 e. The predicted octanol–water partition coefficient (Wildman–Crippen LogP) is 3.53. The number of hydrogen-bond acceptors (Lipinski definition) is 3. The molecule has 4 rings (SSSR count). The zero-order valence-electron chi connectivity index (χ0n) is 18.1. The highest BCUT2D eigenvalue weighted by molar-refractivity contribution is 14.0. The van der Waals surface area contributed by atoms with Crippen molar-refractivity contribution in [2.45, 2.75) is 31.8 Å². The monoisotopic (exact) mass is 544 g/mol. The van der Waals surface area contributed by atoms with Crippen LogP contribution in [-0.2, 0) is 24.3 Å². The zero-order valence-corrected chi connectivity index (χ0v) is 20.5. The molecule has 1 aliphatic heterocycles. The molecular formula is C24H29IN6O. The summed E-state index contributed by atoms with van der Waals surface area (Å²) in [5, 5.41) is 9.64. The molecule has 2 heterocycles. The highest BCUT2D eigenvalue weighted by atomic mass is 127. The normalized spacial score (nSPS) is 15.3. The summed E-state index contributed by atoms with van der Waals surface area (Å²) in [7, 11) is 1.75. The molecule has 0 bridgehead atoms. The Bertz CT molecular complexity index is 1050. The molecule has 3 aromatic rings. The molecule has 0 spiro atoms. The second kappa shape index (κ2) is 11.7. The average molecular weight is 544 g/mol. The van der Waals surface area contributed by atoms with Crippen LogP contribution in [-0.4, -0.2) is 35.0 Å². The highest BCUT2D eigenvalue weighted by Gasteiger charge is 2.24. The molecule has 32 heavy (non-hydrogen) atoms. The molecule has 1 unspecified atom stereocenters. The lowest BCUT2D eigenvalue weighted by Crippen LogP contribution is -2.40. The Morgan fingerprint density at radius 3 is 2.75 bits per heavy atom. The van der Waals surface area contributed by atoms with E-state index in [4.69, 9.17) is 0 Å². The largest absolute Gasteiger partial charge is 0.356 e. The summed E-state index contributed by atoms with van der Waals surface area (Å²) in [6, 6.07) is 18.4. The van der Waals surface area contributed by atoms with E-state index in [1.807, 2.05) is 36.7 Å². The minimum atomic E-state index is 0. The number of anilines is 1. The van der Waals surface area contributed by atoms with E-state index in [1.54, 1.807) is 7.05 Å².